The summed E-state index contributed by atoms with van der Waals surface area (Å²) in [7, 11) is 2.74. The Balaban J connectivity index is 2.43. The number of rotatable bonds is 9. The fourth-order valence-corrected chi connectivity index (χ4v) is 2.68. The Labute approximate surface area is 163 Å². The first-order chi connectivity index (χ1) is 13.3. The van der Waals surface area contributed by atoms with E-state index in [4.69, 9.17) is 18.6 Å². The van der Waals surface area contributed by atoms with E-state index in [1.165, 1.54) is 20.3 Å². The summed E-state index contributed by atoms with van der Waals surface area (Å²) < 4.78 is 21.1. The highest BCUT2D eigenvalue weighted by molar-refractivity contribution is 5.71. The summed E-state index contributed by atoms with van der Waals surface area (Å²) in [4.78, 5) is 24.1. The number of aromatic hydroxyl groups is 1. The van der Waals surface area contributed by atoms with Gasteiger partial charge >= 0.3 is 5.97 Å². The van der Waals surface area contributed by atoms with E-state index in [0.29, 0.717) is 23.8 Å². The van der Waals surface area contributed by atoms with Gasteiger partial charge in [-0.25, -0.2) is 0 Å². The lowest BCUT2D eigenvalue weighted by Gasteiger charge is -2.18. The van der Waals surface area contributed by atoms with Crippen LogP contribution in [-0.2, 0) is 20.9 Å². The molecule has 0 amide bonds. The van der Waals surface area contributed by atoms with E-state index in [-0.39, 0.29) is 24.5 Å². The number of carbonyl (C=O) groups excluding carboxylic acids is 1. The average Bonchev–Trinajstić information content (AvgIpc) is 2.68. The molecule has 7 nitrogen and oxygen atoms in total. The maximum absolute atomic E-state index is 12.1. The predicted octanol–water partition coefficient (Wildman–Crippen LogP) is 3.22. The van der Waals surface area contributed by atoms with E-state index in [1.54, 1.807) is 24.3 Å². The summed E-state index contributed by atoms with van der Waals surface area (Å²) in [6.07, 6.45) is -0.102. The lowest BCUT2D eigenvalue weighted by atomic mass is 9.92. The zero-order valence-corrected chi connectivity index (χ0v) is 16.6. The van der Waals surface area contributed by atoms with Gasteiger partial charge in [0.05, 0.1) is 26.1 Å². The summed E-state index contributed by atoms with van der Waals surface area (Å²) in [5.41, 5.74) is 0.0790. The lowest BCUT2D eigenvalue weighted by Crippen LogP contribution is -2.14. The Morgan fingerprint density at radius 3 is 2.43 bits per heavy atom. The van der Waals surface area contributed by atoms with Gasteiger partial charge in [0.15, 0.2) is 5.76 Å². The van der Waals surface area contributed by atoms with Crippen LogP contribution < -0.4 is 10.2 Å². The van der Waals surface area contributed by atoms with Crippen LogP contribution in [0.1, 0.15) is 43.3 Å². The maximum Gasteiger partial charge on any atom is 0.306 e. The van der Waals surface area contributed by atoms with Gasteiger partial charge in [-0.05, 0) is 23.6 Å². The molecule has 0 aliphatic carbocycles. The van der Waals surface area contributed by atoms with E-state index in [0.717, 1.165) is 0 Å². The third kappa shape index (κ3) is 5.60. The summed E-state index contributed by atoms with van der Waals surface area (Å²) in [6.45, 7) is 4.76. The molecule has 1 N–H and O–H groups in total. The minimum atomic E-state index is -0.698. The molecule has 0 bridgehead atoms. The molecule has 0 saturated carbocycles. The molecule has 1 heterocycles. The molecule has 0 aliphatic rings. The quantitative estimate of drug-likeness (QED) is 0.657. The van der Waals surface area contributed by atoms with E-state index in [1.807, 2.05) is 0 Å². The van der Waals surface area contributed by atoms with Gasteiger partial charge in [-0.2, -0.15) is 0 Å². The van der Waals surface area contributed by atoms with Crippen molar-refractivity contribution in [2.24, 2.45) is 5.92 Å². The molecule has 0 unspecified atom stereocenters. The number of methoxy groups -OCH3 is 2. The van der Waals surface area contributed by atoms with Crippen molar-refractivity contribution in [1.82, 2.24) is 0 Å². The van der Waals surface area contributed by atoms with Crippen LogP contribution >= 0.6 is 0 Å². The molecule has 2 aromatic rings. The van der Waals surface area contributed by atoms with Crippen molar-refractivity contribution < 1.29 is 28.5 Å². The molecular formula is C21H26O7. The highest BCUT2D eigenvalue weighted by Gasteiger charge is 2.26. The van der Waals surface area contributed by atoms with E-state index in [9.17, 15) is 14.7 Å². The Morgan fingerprint density at radius 2 is 1.86 bits per heavy atom. The van der Waals surface area contributed by atoms with Crippen LogP contribution in [0.3, 0.4) is 0 Å². The van der Waals surface area contributed by atoms with Gasteiger partial charge in [0.2, 0.25) is 11.2 Å². The molecule has 1 aromatic carbocycles. The maximum atomic E-state index is 12.1. The van der Waals surface area contributed by atoms with E-state index < -0.39 is 23.1 Å². The van der Waals surface area contributed by atoms with Crippen molar-refractivity contribution in [3.05, 3.63) is 57.6 Å². The molecule has 0 radical (unpaired) electrons. The SMILES string of the molecule is COCc1cc(=O)c(O)c([C@@H](CC(=O)OC)c2ccc(OCC(C)C)cc2)o1. The monoisotopic (exact) mass is 390 g/mol. The minimum Gasteiger partial charge on any atom is -0.502 e. The number of hydrogen-bond acceptors (Lipinski definition) is 7. The lowest BCUT2D eigenvalue weighted by molar-refractivity contribution is -0.140. The smallest absolute Gasteiger partial charge is 0.306 e. The molecule has 7 heteroatoms. The largest absolute Gasteiger partial charge is 0.502 e. The molecule has 1 atom stereocenters. The molecule has 152 valence electrons. The Kier molecular flexibility index (Phi) is 7.63. The minimum absolute atomic E-state index is 0.000740. The van der Waals surface area contributed by atoms with Gasteiger partial charge in [0.1, 0.15) is 18.1 Å². The van der Waals surface area contributed by atoms with Crippen LogP contribution in [0.15, 0.2) is 39.5 Å². The van der Waals surface area contributed by atoms with Crippen molar-refractivity contribution >= 4 is 5.97 Å². The number of ether oxygens (including phenoxy) is 3. The van der Waals surface area contributed by atoms with Gasteiger partial charge in [0.25, 0.3) is 0 Å². The number of carbonyl (C=O) groups is 1. The van der Waals surface area contributed by atoms with Gasteiger partial charge in [-0.1, -0.05) is 26.0 Å². The summed E-state index contributed by atoms with van der Waals surface area (Å²) in [5.74, 6) is -0.392. The molecule has 28 heavy (non-hydrogen) atoms. The van der Waals surface area contributed by atoms with Gasteiger partial charge in [-0.15, -0.1) is 0 Å². The standard InChI is InChI=1S/C21H26O7/c1-13(2)11-27-15-7-5-14(6-8-15)17(10-19(23)26-4)21-20(24)18(22)9-16(28-21)12-25-3/h5-9,13,17,24H,10-12H2,1-4H3/t17-/m0/s1. The Hall–Kier alpha value is -2.80. The first-order valence-corrected chi connectivity index (χ1v) is 9.00. The molecular weight excluding hydrogens is 364 g/mol. The Morgan fingerprint density at radius 1 is 1.18 bits per heavy atom. The molecule has 0 spiro atoms. The van der Waals surface area contributed by atoms with Crippen LogP contribution in [0.25, 0.3) is 0 Å². The normalized spacial score (nSPS) is 12.0. The number of esters is 1. The van der Waals surface area contributed by atoms with Crippen LogP contribution in [0, 0.1) is 5.92 Å². The third-order valence-electron chi connectivity index (χ3n) is 4.07. The fourth-order valence-electron chi connectivity index (χ4n) is 2.68. The van der Waals surface area contributed by atoms with Crippen molar-refractivity contribution in [2.75, 3.05) is 20.8 Å². The van der Waals surface area contributed by atoms with E-state index in [2.05, 4.69) is 13.8 Å². The zero-order chi connectivity index (χ0) is 20.7. The topological polar surface area (TPSA) is 95.2 Å². The zero-order valence-electron chi connectivity index (χ0n) is 16.6. The van der Waals surface area contributed by atoms with Crippen LogP contribution in [0.2, 0.25) is 0 Å². The summed E-state index contributed by atoms with van der Waals surface area (Å²) >= 11 is 0. The second kappa shape index (κ2) is 9.94. The van der Waals surface area contributed by atoms with E-state index >= 15 is 0 Å². The van der Waals surface area contributed by atoms with Crippen LogP contribution in [0.5, 0.6) is 11.5 Å². The second-order valence-electron chi connectivity index (χ2n) is 6.83. The second-order valence-corrected chi connectivity index (χ2v) is 6.83. The number of benzene rings is 1. The van der Waals surface area contributed by atoms with Crippen LogP contribution in [-0.4, -0.2) is 31.9 Å². The fraction of sp³-hybridized carbons (Fsp3) is 0.429. The highest BCUT2D eigenvalue weighted by atomic mass is 16.5. The molecule has 0 saturated heterocycles. The third-order valence-corrected chi connectivity index (χ3v) is 4.07. The molecule has 0 fully saturated rings. The summed E-state index contributed by atoms with van der Waals surface area (Å²) in [6, 6.07) is 8.25. The number of hydrogen-bond donors (Lipinski definition) is 1. The van der Waals surface area contributed by atoms with Crippen LogP contribution in [0.4, 0.5) is 0 Å². The molecule has 2 rings (SSSR count). The molecule has 0 aliphatic heterocycles. The first-order valence-electron chi connectivity index (χ1n) is 9.00. The van der Waals surface area contributed by atoms with Gasteiger partial charge in [-0.3, -0.25) is 9.59 Å². The van der Waals surface area contributed by atoms with Crippen molar-refractivity contribution in [3.8, 4) is 11.5 Å². The Bertz CT molecular complexity index is 837. The van der Waals surface area contributed by atoms with Crippen molar-refractivity contribution in [1.29, 1.82) is 0 Å². The molecule has 1 aromatic heterocycles. The highest BCUT2D eigenvalue weighted by Crippen LogP contribution is 2.34. The average molecular weight is 390 g/mol. The van der Waals surface area contributed by atoms with Gasteiger partial charge in [0, 0.05) is 13.2 Å². The predicted molar refractivity (Wildman–Crippen MR) is 103 cm³/mol. The van der Waals surface area contributed by atoms with Crippen molar-refractivity contribution in [3.63, 3.8) is 0 Å². The summed E-state index contributed by atoms with van der Waals surface area (Å²) in [5, 5.41) is 10.3. The van der Waals surface area contributed by atoms with Gasteiger partial charge < -0.3 is 23.7 Å². The van der Waals surface area contributed by atoms with Crippen molar-refractivity contribution in [2.45, 2.75) is 32.8 Å². The first kappa shape index (κ1) is 21.5.